The monoisotopic (exact) mass is 277 g/mol. The van der Waals surface area contributed by atoms with E-state index in [1.54, 1.807) is 24.3 Å². The van der Waals surface area contributed by atoms with Gasteiger partial charge in [0.05, 0.1) is 12.2 Å². The van der Waals surface area contributed by atoms with Gasteiger partial charge < -0.3 is 15.6 Å². The lowest BCUT2D eigenvalue weighted by Gasteiger charge is -2.11. The van der Waals surface area contributed by atoms with Crippen molar-refractivity contribution in [2.45, 2.75) is 6.61 Å². The highest BCUT2D eigenvalue weighted by atomic mass is 32.1. The maximum absolute atomic E-state index is 13.2. The van der Waals surface area contributed by atoms with E-state index < -0.39 is 5.82 Å². The van der Waals surface area contributed by atoms with E-state index in [4.69, 9.17) is 27.8 Å². The van der Waals surface area contributed by atoms with Crippen molar-refractivity contribution in [2.24, 2.45) is 5.73 Å². The number of aliphatic hydroxyl groups is 1. The number of halogens is 1. The Hall–Kier alpha value is -1.98. The topological polar surface area (TPSA) is 55.5 Å². The first-order valence-corrected chi connectivity index (χ1v) is 5.98. The average molecular weight is 277 g/mol. The Morgan fingerprint density at radius 3 is 2.74 bits per heavy atom. The fourth-order valence-electron chi connectivity index (χ4n) is 1.62. The van der Waals surface area contributed by atoms with Gasteiger partial charge in [0.2, 0.25) is 0 Å². The smallest absolute Gasteiger partial charge is 0.137 e. The molecule has 0 unspecified atom stereocenters. The van der Waals surface area contributed by atoms with Crippen molar-refractivity contribution in [1.82, 2.24) is 0 Å². The predicted molar refractivity (Wildman–Crippen MR) is 74.7 cm³/mol. The predicted octanol–water partition coefficient (Wildman–Crippen LogP) is 2.74. The number of ether oxygens (including phenoxy) is 1. The lowest BCUT2D eigenvalue weighted by atomic mass is 10.2. The van der Waals surface area contributed by atoms with Gasteiger partial charge in [-0.15, -0.1) is 0 Å². The van der Waals surface area contributed by atoms with E-state index in [1.165, 1.54) is 18.2 Å². The van der Waals surface area contributed by atoms with Gasteiger partial charge in [-0.2, -0.15) is 0 Å². The molecule has 98 valence electrons. The summed E-state index contributed by atoms with van der Waals surface area (Å²) in [6.07, 6.45) is 0. The third kappa shape index (κ3) is 3.27. The molecule has 2 aromatic carbocycles. The van der Waals surface area contributed by atoms with Crippen molar-refractivity contribution >= 4 is 17.2 Å². The van der Waals surface area contributed by atoms with E-state index in [0.717, 1.165) is 5.56 Å². The minimum atomic E-state index is -0.431. The zero-order valence-electron chi connectivity index (χ0n) is 9.97. The van der Waals surface area contributed by atoms with Crippen LogP contribution < -0.4 is 10.5 Å². The van der Waals surface area contributed by atoms with Crippen LogP contribution in [0.25, 0.3) is 0 Å². The fraction of sp³-hybridized carbons (Fsp3) is 0.0714. The molecule has 0 saturated carbocycles. The Labute approximate surface area is 115 Å². The van der Waals surface area contributed by atoms with E-state index in [1.807, 2.05) is 0 Å². The molecule has 5 heteroatoms. The quantitative estimate of drug-likeness (QED) is 0.844. The number of thiocarbonyl (C=S) groups is 1. The fourth-order valence-corrected chi connectivity index (χ4v) is 1.78. The van der Waals surface area contributed by atoms with Crippen LogP contribution in [-0.4, -0.2) is 10.1 Å². The van der Waals surface area contributed by atoms with Gasteiger partial charge in [-0.3, -0.25) is 0 Å². The van der Waals surface area contributed by atoms with Gasteiger partial charge >= 0.3 is 0 Å². The molecular weight excluding hydrogens is 265 g/mol. The van der Waals surface area contributed by atoms with Crippen LogP contribution in [0.4, 0.5) is 4.39 Å². The molecular formula is C14H12FNO2S. The van der Waals surface area contributed by atoms with Crippen LogP contribution in [0.3, 0.4) is 0 Å². The Morgan fingerprint density at radius 1 is 1.26 bits per heavy atom. The number of hydrogen-bond acceptors (Lipinski definition) is 3. The minimum Gasteiger partial charge on any atom is -0.457 e. The van der Waals surface area contributed by atoms with Crippen LogP contribution >= 0.6 is 12.2 Å². The second-order valence-electron chi connectivity index (χ2n) is 3.91. The first-order valence-electron chi connectivity index (χ1n) is 5.57. The minimum absolute atomic E-state index is 0.0628. The van der Waals surface area contributed by atoms with Gasteiger partial charge in [0.15, 0.2) is 0 Å². The van der Waals surface area contributed by atoms with Crippen LogP contribution in [-0.2, 0) is 6.61 Å². The van der Waals surface area contributed by atoms with Crippen molar-refractivity contribution in [3.8, 4) is 11.5 Å². The molecule has 19 heavy (non-hydrogen) atoms. The van der Waals surface area contributed by atoms with Crippen molar-refractivity contribution in [1.29, 1.82) is 0 Å². The molecule has 0 spiro atoms. The Kier molecular flexibility index (Phi) is 4.09. The molecule has 0 fully saturated rings. The molecule has 3 nitrogen and oxygen atoms in total. The molecule has 2 rings (SSSR count). The summed E-state index contributed by atoms with van der Waals surface area (Å²) >= 11 is 4.87. The number of aliphatic hydroxyl groups excluding tert-OH is 1. The van der Waals surface area contributed by atoms with Crippen LogP contribution in [0.5, 0.6) is 11.5 Å². The molecule has 0 aliphatic rings. The second-order valence-corrected chi connectivity index (χ2v) is 4.35. The largest absolute Gasteiger partial charge is 0.457 e. The number of nitrogens with two attached hydrogens (primary N) is 1. The van der Waals surface area contributed by atoms with Crippen molar-refractivity contribution in [3.63, 3.8) is 0 Å². The van der Waals surface area contributed by atoms with E-state index in [-0.39, 0.29) is 11.6 Å². The van der Waals surface area contributed by atoms with Gasteiger partial charge in [0, 0.05) is 0 Å². The summed E-state index contributed by atoms with van der Waals surface area (Å²) in [7, 11) is 0. The summed E-state index contributed by atoms with van der Waals surface area (Å²) in [4.78, 5) is 0.0628. The molecule has 0 atom stereocenters. The molecule has 0 aromatic heterocycles. The molecule has 0 aliphatic carbocycles. The van der Waals surface area contributed by atoms with E-state index in [2.05, 4.69) is 0 Å². The highest BCUT2D eigenvalue weighted by Gasteiger charge is 2.09. The van der Waals surface area contributed by atoms with Crippen LogP contribution in [0.15, 0.2) is 42.5 Å². The molecule has 0 amide bonds. The standard InChI is InChI=1S/C14H12FNO2S/c15-10-4-5-13(12(7-10)14(16)19)18-11-3-1-2-9(6-11)8-17/h1-7,17H,8H2,(H2,16,19). The van der Waals surface area contributed by atoms with E-state index in [9.17, 15) is 4.39 Å². The number of hydrogen-bond donors (Lipinski definition) is 2. The molecule has 0 radical (unpaired) electrons. The summed E-state index contributed by atoms with van der Waals surface area (Å²) in [5.74, 6) is 0.471. The second kappa shape index (κ2) is 5.77. The zero-order valence-corrected chi connectivity index (χ0v) is 10.8. The van der Waals surface area contributed by atoms with Crippen LogP contribution in [0.2, 0.25) is 0 Å². The van der Waals surface area contributed by atoms with E-state index in [0.29, 0.717) is 17.1 Å². The third-order valence-corrected chi connectivity index (χ3v) is 2.74. The summed E-state index contributed by atoms with van der Waals surface area (Å²) in [6.45, 7) is -0.0806. The first-order chi connectivity index (χ1) is 9.10. The van der Waals surface area contributed by atoms with Crippen LogP contribution in [0.1, 0.15) is 11.1 Å². The molecule has 0 heterocycles. The SMILES string of the molecule is NC(=S)c1cc(F)ccc1Oc1cccc(CO)c1. The Morgan fingerprint density at radius 2 is 2.05 bits per heavy atom. The maximum Gasteiger partial charge on any atom is 0.137 e. The van der Waals surface area contributed by atoms with Gasteiger partial charge in [0.1, 0.15) is 22.3 Å². The number of rotatable bonds is 4. The van der Waals surface area contributed by atoms with Gasteiger partial charge in [-0.05, 0) is 35.9 Å². The lowest BCUT2D eigenvalue weighted by molar-refractivity contribution is 0.281. The van der Waals surface area contributed by atoms with E-state index >= 15 is 0 Å². The van der Waals surface area contributed by atoms with Gasteiger partial charge in [-0.25, -0.2) is 4.39 Å². The molecule has 3 N–H and O–H groups in total. The molecule has 2 aromatic rings. The number of benzene rings is 2. The summed E-state index contributed by atoms with van der Waals surface area (Å²) in [6, 6.07) is 10.9. The summed E-state index contributed by atoms with van der Waals surface area (Å²) < 4.78 is 18.8. The van der Waals surface area contributed by atoms with Crippen molar-refractivity contribution < 1.29 is 14.2 Å². The van der Waals surface area contributed by atoms with Crippen LogP contribution in [0, 0.1) is 5.82 Å². The first kappa shape index (κ1) is 13.5. The average Bonchev–Trinajstić information content (AvgIpc) is 2.41. The highest BCUT2D eigenvalue weighted by Crippen LogP contribution is 2.26. The Balaban J connectivity index is 2.34. The van der Waals surface area contributed by atoms with Gasteiger partial charge in [0.25, 0.3) is 0 Å². The molecule has 0 saturated heterocycles. The third-order valence-electron chi connectivity index (χ3n) is 2.52. The summed E-state index contributed by atoms with van der Waals surface area (Å²) in [5.41, 5.74) is 6.59. The van der Waals surface area contributed by atoms with Gasteiger partial charge in [-0.1, -0.05) is 24.4 Å². The lowest BCUT2D eigenvalue weighted by Crippen LogP contribution is -2.11. The normalized spacial score (nSPS) is 10.2. The highest BCUT2D eigenvalue weighted by molar-refractivity contribution is 7.80. The summed E-state index contributed by atoms with van der Waals surface area (Å²) in [5, 5.41) is 9.06. The zero-order chi connectivity index (χ0) is 13.8. The van der Waals surface area contributed by atoms with Crippen molar-refractivity contribution in [2.75, 3.05) is 0 Å². The van der Waals surface area contributed by atoms with Crippen molar-refractivity contribution in [3.05, 3.63) is 59.4 Å². The maximum atomic E-state index is 13.2. The Bertz CT molecular complexity index is 616. The molecule has 0 aliphatic heterocycles. The molecule has 0 bridgehead atoms.